The summed E-state index contributed by atoms with van der Waals surface area (Å²) in [4.78, 5) is 49.4. The molecule has 3 aromatic rings. The van der Waals surface area contributed by atoms with Gasteiger partial charge in [-0.3, -0.25) is 19.5 Å². The summed E-state index contributed by atoms with van der Waals surface area (Å²) in [6.45, 7) is 0. The number of carboxylic acid groups (broad SMARTS) is 1. The number of aromatic amines is 1. The molecule has 0 saturated heterocycles. The fourth-order valence-electron chi connectivity index (χ4n) is 3.05. The largest absolute Gasteiger partial charge is 0.477 e. The van der Waals surface area contributed by atoms with Crippen LogP contribution in [0.1, 0.15) is 36.8 Å². The summed E-state index contributed by atoms with van der Waals surface area (Å²) in [5.74, 6) is -2.43. The molecule has 0 bridgehead atoms. The maximum atomic E-state index is 12.8. The second-order valence-electron chi connectivity index (χ2n) is 5.94. The quantitative estimate of drug-likeness (QED) is 0.550. The third-order valence-electron chi connectivity index (χ3n) is 4.35. The summed E-state index contributed by atoms with van der Waals surface area (Å²) < 4.78 is 1.06. The Morgan fingerprint density at radius 1 is 0.889 bits per heavy atom. The number of carboxylic acids is 1. The van der Waals surface area contributed by atoms with Crippen LogP contribution >= 0.6 is 0 Å². The number of para-hydroxylation sites is 1. The van der Waals surface area contributed by atoms with Gasteiger partial charge in [0.25, 0.3) is 5.56 Å². The van der Waals surface area contributed by atoms with Crippen molar-refractivity contribution in [3.8, 4) is 5.69 Å². The number of hydrogen-bond acceptors (Lipinski definition) is 4. The van der Waals surface area contributed by atoms with Crippen LogP contribution in [0.25, 0.3) is 11.8 Å². The van der Waals surface area contributed by atoms with Gasteiger partial charge in [0.1, 0.15) is 0 Å². The number of aromatic carboxylic acids is 1. The van der Waals surface area contributed by atoms with E-state index in [1.807, 2.05) is 0 Å². The molecule has 132 valence electrons. The lowest BCUT2D eigenvalue weighted by Crippen LogP contribution is -2.16. The van der Waals surface area contributed by atoms with Crippen molar-refractivity contribution in [2.75, 3.05) is 0 Å². The molecule has 0 aliphatic heterocycles. The van der Waals surface area contributed by atoms with Crippen molar-refractivity contribution >= 4 is 23.6 Å². The van der Waals surface area contributed by atoms with Crippen LogP contribution in [0.5, 0.6) is 0 Å². The fraction of sp³-hybridized carbons (Fsp3) is 0. The Bertz CT molecular complexity index is 1160. The number of nitrogens with one attached hydrogen (secondary N) is 1. The summed E-state index contributed by atoms with van der Waals surface area (Å²) in [6.07, 6.45) is 1.06. The van der Waals surface area contributed by atoms with Crippen LogP contribution in [-0.2, 0) is 0 Å². The van der Waals surface area contributed by atoms with Gasteiger partial charge in [0.2, 0.25) is 0 Å². The Morgan fingerprint density at radius 3 is 2.00 bits per heavy atom. The van der Waals surface area contributed by atoms with Gasteiger partial charge >= 0.3 is 5.97 Å². The zero-order chi connectivity index (χ0) is 19.1. The summed E-state index contributed by atoms with van der Waals surface area (Å²) >= 11 is 0. The summed E-state index contributed by atoms with van der Waals surface area (Å²) in [5, 5.41) is 12.0. The Hall–Kier alpha value is -4.00. The Kier molecular flexibility index (Phi) is 3.70. The zero-order valence-electron chi connectivity index (χ0n) is 13.8. The Morgan fingerprint density at radius 2 is 1.44 bits per heavy atom. The van der Waals surface area contributed by atoms with Crippen LogP contribution in [0.3, 0.4) is 0 Å². The maximum Gasteiger partial charge on any atom is 0.354 e. The van der Waals surface area contributed by atoms with Crippen LogP contribution < -0.4 is 5.56 Å². The second kappa shape index (κ2) is 6.06. The second-order valence-corrected chi connectivity index (χ2v) is 5.94. The highest BCUT2D eigenvalue weighted by Gasteiger charge is 2.33. The van der Waals surface area contributed by atoms with Crippen LogP contribution in [0.2, 0.25) is 0 Å². The number of carbonyl (C=O) groups excluding carboxylic acids is 2. The lowest BCUT2D eigenvalue weighted by atomic mass is 10.1. The topological polar surface area (TPSA) is 109 Å². The molecule has 7 heteroatoms. The molecule has 1 aliphatic rings. The van der Waals surface area contributed by atoms with Gasteiger partial charge in [-0.05, 0) is 18.2 Å². The first kappa shape index (κ1) is 16.5. The fourth-order valence-corrected chi connectivity index (χ4v) is 3.05. The van der Waals surface area contributed by atoms with Gasteiger partial charge in [0.05, 0.1) is 16.8 Å². The molecular weight excluding hydrogens is 348 g/mol. The maximum absolute atomic E-state index is 12.8. The molecule has 0 amide bonds. The highest BCUT2D eigenvalue weighted by molar-refractivity contribution is 6.41. The first-order chi connectivity index (χ1) is 13.0. The van der Waals surface area contributed by atoms with Crippen molar-refractivity contribution in [2.45, 2.75) is 0 Å². The van der Waals surface area contributed by atoms with Crippen LogP contribution in [0.15, 0.2) is 65.0 Å². The average molecular weight is 360 g/mol. The molecule has 0 fully saturated rings. The molecule has 0 spiro atoms. The van der Waals surface area contributed by atoms with Crippen molar-refractivity contribution in [2.24, 2.45) is 0 Å². The number of Topliss-reactive ketones (excluding diaryl/α,β-unsaturated/α-hetero) is 2. The van der Waals surface area contributed by atoms with Crippen LogP contribution in [0.4, 0.5) is 0 Å². The van der Waals surface area contributed by atoms with E-state index in [0.717, 1.165) is 10.8 Å². The summed E-state index contributed by atoms with van der Waals surface area (Å²) in [7, 11) is 0. The molecule has 1 aromatic heterocycles. The Balaban J connectivity index is 1.91. The van der Waals surface area contributed by atoms with E-state index in [0.29, 0.717) is 5.69 Å². The molecule has 0 radical (unpaired) electrons. The normalized spacial score (nSPS) is 13.0. The van der Waals surface area contributed by atoms with Crippen LogP contribution in [-0.4, -0.2) is 32.4 Å². The molecule has 4 rings (SSSR count). The number of H-pyrrole nitrogens is 1. The predicted molar refractivity (Wildman–Crippen MR) is 96.4 cm³/mol. The summed E-state index contributed by atoms with van der Waals surface area (Å²) in [6, 6.07) is 14.7. The minimum absolute atomic E-state index is 0.227. The molecule has 1 heterocycles. The van der Waals surface area contributed by atoms with Crippen molar-refractivity contribution in [3.05, 3.63) is 92.9 Å². The number of allylic oxidation sites excluding steroid dienone is 1. The third kappa shape index (κ3) is 2.53. The monoisotopic (exact) mass is 360 g/mol. The molecule has 7 nitrogen and oxygen atoms in total. The van der Waals surface area contributed by atoms with Gasteiger partial charge in [-0.15, -0.1) is 0 Å². The molecule has 0 atom stereocenters. The predicted octanol–water partition coefficient (Wildman–Crippen LogP) is 2.33. The van der Waals surface area contributed by atoms with E-state index in [2.05, 4.69) is 5.10 Å². The van der Waals surface area contributed by atoms with E-state index < -0.39 is 28.8 Å². The van der Waals surface area contributed by atoms with E-state index in [1.54, 1.807) is 42.5 Å². The minimum atomic E-state index is -1.37. The van der Waals surface area contributed by atoms with E-state index in [4.69, 9.17) is 0 Å². The molecule has 0 saturated carbocycles. The van der Waals surface area contributed by atoms with Gasteiger partial charge in [0, 0.05) is 11.1 Å². The number of rotatable bonds is 3. The number of benzene rings is 2. The average Bonchev–Trinajstić information content (AvgIpc) is 3.13. The SMILES string of the molecule is O=C1C(=Cc2c(C(=O)O)[nH]n(-c3ccccc3)c2=O)C(=O)c2ccccc21. The lowest BCUT2D eigenvalue weighted by Gasteiger charge is -1.99. The third-order valence-corrected chi connectivity index (χ3v) is 4.35. The number of fused-ring (bicyclic) bond motifs is 1. The highest BCUT2D eigenvalue weighted by Crippen LogP contribution is 2.27. The van der Waals surface area contributed by atoms with E-state index in [1.165, 1.54) is 12.1 Å². The molecule has 0 unspecified atom stereocenters. The molecular formula is C20H12N2O5. The van der Waals surface area contributed by atoms with Gasteiger partial charge in [0.15, 0.2) is 17.3 Å². The number of hydrogen-bond donors (Lipinski definition) is 2. The first-order valence-corrected chi connectivity index (χ1v) is 8.03. The number of ketones is 2. The minimum Gasteiger partial charge on any atom is -0.477 e. The Labute approximate surface area is 152 Å². The summed E-state index contributed by atoms with van der Waals surface area (Å²) in [5.41, 5.74) is -0.627. The van der Waals surface area contributed by atoms with E-state index in [-0.39, 0.29) is 22.3 Å². The lowest BCUT2D eigenvalue weighted by molar-refractivity contribution is 0.0689. The first-order valence-electron chi connectivity index (χ1n) is 8.03. The molecule has 1 aliphatic carbocycles. The van der Waals surface area contributed by atoms with Gasteiger partial charge in [-0.25, -0.2) is 9.48 Å². The van der Waals surface area contributed by atoms with Gasteiger partial charge < -0.3 is 5.11 Å². The van der Waals surface area contributed by atoms with Crippen molar-refractivity contribution in [3.63, 3.8) is 0 Å². The highest BCUT2D eigenvalue weighted by atomic mass is 16.4. The zero-order valence-corrected chi connectivity index (χ0v) is 13.8. The van der Waals surface area contributed by atoms with Crippen molar-refractivity contribution < 1.29 is 19.5 Å². The smallest absolute Gasteiger partial charge is 0.354 e. The standard InChI is InChI=1S/C20H12N2O5/c23-17-12-8-4-5-9-13(12)18(24)15(17)10-14-16(20(26)27)21-22(19(14)25)11-6-2-1-3-7-11/h1-10,21H,(H,26,27). The van der Waals surface area contributed by atoms with Crippen molar-refractivity contribution in [1.29, 1.82) is 0 Å². The number of nitrogens with zero attached hydrogens (tertiary/aromatic N) is 1. The number of carbonyl (C=O) groups is 3. The molecule has 2 N–H and O–H groups in total. The van der Waals surface area contributed by atoms with E-state index >= 15 is 0 Å². The molecule has 27 heavy (non-hydrogen) atoms. The number of aromatic nitrogens is 2. The molecule has 2 aromatic carbocycles. The van der Waals surface area contributed by atoms with Gasteiger partial charge in [-0.1, -0.05) is 42.5 Å². The van der Waals surface area contributed by atoms with Gasteiger partial charge in [-0.2, -0.15) is 0 Å². The van der Waals surface area contributed by atoms with E-state index in [9.17, 15) is 24.3 Å². The van der Waals surface area contributed by atoms with Crippen molar-refractivity contribution in [1.82, 2.24) is 9.78 Å². The van der Waals surface area contributed by atoms with Crippen LogP contribution in [0, 0.1) is 0 Å².